The Bertz CT molecular complexity index is 744. The summed E-state index contributed by atoms with van der Waals surface area (Å²) in [7, 11) is 0. The summed E-state index contributed by atoms with van der Waals surface area (Å²) in [5.41, 5.74) is 1.63. The fourth-order valence-corrected chi connectivity index (χ4v) is 4.31. The second kappa shape index (κ2) is 5.90. The van der Waals surface area contributed by atoms with Crippen LogP contribution in [0.2, 0.25) is 0 Å². The molecule has 0 radical (unpaired) electrons. The molecule has 1 saturated carbocycles. The van der Waals surface area contributed by atoms with Gasteiger partial charge in [-0.3, -0.25) is 4.79 Å². The Labute approximate surface area is 141 Å². The van der Waals surface area contributed by atoms with Gasteiger partial charge in [-0.05, 0) is 44.0 Å². The third kappa shape index (κ3) is 2.34. The molecule has 1 aromatic carbocycles. The number of piperidine rings is 1. The van der Waals surface area contributed by atoms with Crippen LogP contribution in [0.4, 0.5) is 0 Å². The van der Waals surface area contributed by atoms with E-state index in [1.807, 2.05) is 42.3 Å². The van der Waals surface area contributed by atoms with E-state index in [9.17, 15) is 9.90 Å². The number of nitrogens with zero attached hydrogens (tertiary/aromatic N) is 1. The van der Waals surface area contributed by atoms with Crippen molar-refractivity contribution in [3.05, 3.63) is 36.0 Å². The molecule has 2 heterocycles. The summed E-state index contributed by atoms with van der Waals surface area (Å²) in [6.45, 7) is 4.04. The SMILES string of the molecule is CCO[C@@H]1C[C@@H](O)C12CCN(C(=O)c1ccc3[nH]ccc3c1)CC2. The zero-order valence-electron chi connectivity index (χ0n) is 14.0. The largest absolute Gasteiger partial charge is 0.392 e. The number of aromatic amines is 1. The van der Waals surface area contributed by atoms with Crippen LogP contribution in [0.3, 0.4) is 0 Å². The standard InChI is InChI=1S/C19H24N2O3/c1-2-24-17-12-16(22)19(17)6-9-21(10-7-19)18(23)14-3-4-15-13(11-14)5-8-20-15/h3-5,8,11,16-17,20,22H,2,6-7,9-10,12H2,1H3/t16-,17-/m1/s1. The van der Waals surface area contributed by atoms with Crippen molar-refractivity contribution in [2.45, 2.75) is 38.4 Å². The molecule has 0 bridgehead atoms. The minimum absolute atomic E-state index is 0.0784. The molecule has 1 spiro atoms. The Kier molecular flexibility index (Phi) is 3.85. The second-order valence-corrected chi connectivity index (χ2v) is 7.00. The molecule has 4 rings (SSSR count). The van der Waals surface area contributed by atoms with Gasteiger partial charge in [0.1, 0.15) is 0 Å². The topological polar surface area (TPSA) is 65.6 Å². The molecular weight excluding hydrogens is 304 g/mol. The first-order valence-corrected chi connectivity index (χ1v) is 8.80. The summed E-state index contributed by atoms with van der Waals surface area (Å²) < 4.78 is 5.79. The lowest BCUT2D eigenvalue weighted by atomic mass is 9.58. The van der Waals surface area contributed by atoms with E-state index in [1.165, 1.54) is 0 Å². The number of hydrogen-bond acceptors (Lipinski definition) is 3. The predicted molar refractivity (Wildman–Crippen MR) is 91.9 cm³/mol. The average Bonchev–Trinajstić information content (AvgIpc) is 3.09. The van der Waals surface area contributed by atoms with Gasteiger partial charge in [0, 0.05) is 54.2 Å². The molecule has 5 nitrogen and oxygen atoms in total. The number of aliphatic hydroxyl groups is 1. The van der Waals surface area contributed by atoms with E-state index in [0.29, 0.717) is 19.7 Å². The van der Waals surface area contributed by atoms with Crippen LogP contribution in [0.15, 0.2) is 30.5 Å². The van der Waals surface area contributed by atoms with Crippen molar-refractivity contribution in [3.63, 3.8) is 0 Å². The summed E-state index contributed by atoms with van der Waals surface area (Å²) in [6, 6.07) is 7.76. The fraction of sp³-hybridized carbons (Fsp3) is 0.526. The van der Waals surface area contributed by atoms with Crippen molar-refractivity contribution in [1.82, 2.24) is 9.88 Å². The van der Waals surface area contributed by atoms with E-state index in [2.05, 4.69) is 4.98 Å². The van der Waals surface area contributed by atoms with Gasteiger partial charge in [0.15, 0.2) is 0 Å². The summed E-state index contributed by atoms with van der Waals surface area (Å²) >= 11 is 0. The van der Waals surface area contributed by atoms with E-state index in [0.717, 1.165) is 35.7 Å². The van der Waals surface area contributed by atoms with Crippen molar-refractivity contribution in [3.8, 4) is 0 Å². The normalized spacial score (nSPS) is 25.8. The number of ether oxygens (including phenoxy) is 1. The highest BCUT2D eigenvalue weighted by molar-refractivity contribution is 5.98. The van der Waals surface area contributed by atoms with Gasteiger partial charge in [-0.2, -0.15) is 0 Å². The zero-order valence-corrected chi connectivity index (χ0v) is 14.0. The number of carbonyl (C=O) groups excluding carboxylic acids is 1. The van der Waals surface area contributed by atoms with Crippen LogP contribution >= 0.6 is 0 Å². The van der Waals surface area contributed by atoms with Gasteiger partial charge in [0.2, 0.25) is 0 Å². The van der Waals surface area contributed by atoms with Crippen LogP contribution in [0.25, 0.3) is 10.9 Å². The molecule has 1 saturated heterocycles. The van der Waals surface area contributed by atoms with Crippen molar-refractivity contribution in [2.24, 2.45) is 5.41 Å². The Morgan fingerprint density at radius 2 is 2.17 bits per heavy atom. The molecule has 2 atom stereocenters. The van der Waals surface area contributed by atoms with Gasteiger partial charge in [-0.25, -0.2) is 0 Å². The molecule has 24 heavy (non-hydrogen) atoms. The minimum Gasteiger partial charge on any atom is -0.392 e. The van der Waals surface area contributed by atoms with Crippen LogP contribution in [0, 0.1) is 5.41 Å². The molecule has 0 unspecified atom stereocenters. The van der Waals surface area contributed by atoms with Crippen LogP contribution < -0.4 is 0 Å². The van der Waals surface area contributed by atoms with Crippen LogP contribution in [-0.2, 0) is 4.74 Å². The van der Waals surface area contributed by atoms with Gasteiger partial charge in [-0.15, -0.1) is 0 Å². The predicted octanol–water partition coefficient (Wildman–Crippen LogP) is 2.56. The Balaban J connectivity index is 1.46. The molecule has 2 N–H and O–H groups in total. The van der Waals surface area contributed by atoms with Crippen molar-refractivity contribution < 1.29 is 14.6 Å². The van der Waals surface area contributed by atoms with Gasteiger partial charge in [0.05, 0.1) is 12.2 Å². The first-order valence-electron chi connectivity index (χ1n) is 8.80. The fourth-order valence-electron chi connectivity index (χ4n) is 4.31. The first-order chi connectivity index (χ1) is 11.6. The molecule has 1 aromatic heterocycles. The molecular formula is C19H24N2O3. The number of aromatic nitrogens is 1. The van der Waals surface area contributed by atoms with Crippen LogP contribution in [-0.4, -0.2) is 52.8 Å². The van der Waals surface area contributed by atoms with Crippen molar-refractivity contribution in [2.75, 3.05) is 19.7 Å². The van der Waals surface area contributed by atoms with Gasteiger partial charge in [0.25, 0.3) is 5.91 Å². The highest BCUT2D eigenvalue weighted by Gasteiger charge is 2.56. The maximum Gasteiger partial charge on any atom is 0.253 e. The van der Waals surface area contributed by atoms with E-state index < -0.39 is 0 Å². The second-order valence-electron chi connectivity index (χ2n) is 7.00. The monoisotopic (exact) mass is 328 g/mol. The third-order valence-corrected chi connectivity index (χ3v) is 5.89. The number of fused-ring (bicyclic) bond motifs is 1. The number of hydrogen-bond donors (Lipinski definition) is 2. The van der Waals surface area contributed by atoms with Gasteiger partial charge < -0.3 is 19.7 Å². The number of likely N-dealkylation sites (tertiary alicyclic amines) is 1. The molecule has 128 valence electrons. The van der Waals surface area contributed by atoms with Gasteiger partial charge >= 0.3 is 0 Å². The molecule has 2 aliphatic rings. The third-order valence-electron chi connectivity index (χ3n) is 5.89. The Hall–Kier alpha value is -1.85. The Morgan fingerprint density at radius 1 is 1.38 bits per heavy atom. The summed E-state index contributed by atoms with van der Waals surface area (Å²) in [5, 5.41) is 11.3. The Morgan fingerprint density at radius 3 is 2.88 bits per heavy atom. The summed E-state index contributed by atoms with van der Waals surface area (Å²) in [6.07, 6.45) is 4.10. The van der Waals surface area contributed by atoms with Crippen LogP contribution in [0.5, 0.6) is 0 Å². The summed E-state index contributed by atoms with van der Waals surface area (Å²) in [5.74, 6) is 0.0784. The smallest absolute Gasteiger partial charge is 0.253 e. The number of benzene rings is 1. The lowest BCUT2D eigenvalue weighted by Crippen LogP contribution is -2.62. The highest BCUT2D eigenvalue weighted by Crippen LogP contribution is 2.51. The summed E-state index contributed by atoms with van der Waals surface area (Å²) in [4.78, 5) is 17.8. The molecule has 2 aromatic rings. The maximum atomic E-state index is 12.8. The number of nitrogens with one attached hydrogen (secondary N) is 1. The van der Waals surface area contributed by atoms with Crippen molar-refractivity contribution >= 4 is 16.8 Å². The molecule has 2 fully saturated rings. The molecule has 1 aliphatic heterocycles. The zero-order chi connectivity index (χ0) is 16.7. The lowest BCUT2D eigenvalue weighted by Gasteiger charge is -2.56. The number of amides is 1. The van der Waals surface area contributed by atoms with Crippen LogP contribution in [0.1, 0.15) is 36.5 Å². The minimum atomic E-state index is -0.289. The van der Waals surface area contributed by atoms with Gasteiger partial charge in [-0.1, -0.05) is 0 Å². The van der Waals surface area contributed by atoms with E-state index in [4.69, 9.17) is 4.74 Å². The van der Waals surface area contributed by atoms with E-state index in [-0.39, 0.29) is 23.5 Å². The number of H-pyrrole nitrogens is 1. The molecule has 1 amide bonds. The quantitative estimate of drug-likeness (QED) is 0.910. The first kappa shape index (κ1) is 15.7. The molecule has 1 aliphatic carbocycles. The highest BCUT2D eigenvalue weighted by atomic mass is 16.5. The number of rotatable bonds is 3. The maximum absolute atomic E-state index is 12.8. The van der Waals surface area contributed by atoms with E-state index in [1.54, 1.807) is 0 Å². The lowest BCUT2D eigenvalue weighted by molar-refractivity contribution is -0.207. The molecule has 5 heteroatoms. The number of aliphatic hydroxyl groups excluding tert-OH is 1. The van der Waals surface area contributed by atoms with E-state index >= 15 is 0 Å². The van der Waals surface area contributed by atoms with Crippen molar-refractivity contribution in [1.29, 1.82) is 0 Å². The number of carbonyl (C=O) groups is 1. The average molecular weight is 328 g/mol.